The lowest BCUT2D eigenvalue weighted by atomic mass is 10.0. The molecule has 0 saturated heterocycles. The SMILES string of the molecule is CCC(C)(C)NCCN(C)CCC(F)(F)F. The number of hydrogen-bond donors (Lipinski definition) is 1. The van der Waals surface area contributed by atoms with Crippen LogP contribution in [0.3, 0.4) is 0 Å². The minimum absolute atomic E-state index is 0.0604. The van der Waals surface area contributed by atoms with Crippen molar-refractivity contribution in [1.29, 1.82) is 0 Å². The van der Waals surface area contributed by atoms with E-state index < -0.39 is 12.6 Å². The van der Waals surface area contributed by atoms with Crippen molar-refractivity contribution in [3.8, 4) is 0 Å². The standard InChI is InChI=1S/C11H23F3N2/c1-5-10(2,3)15-7-9-16(4)8-6-11(12,13)14/h15H,5-9H2,1-4H3. The largest absolute Gasteiger partial charge is 0.390 e. The third-order valence-electron chi connectivity index (χ3n) is 2.76. The summed E-state index contributed by atoms with van der Waals surface area (Å²) >= 11 is 0. The summed E-state index contributed by atoms with van der Waals surface area (Å²) < 4.78 is 35.8. The second-order valence-corrected chi connectivity index (χ2v) is 4.83. The van der Waals surface area contributed by atoms with E-state index in [1.165, 1.54) is 0 Å². The van der Waals surface area contributed by atoms with Crippen LogP contribution >= 0.6 is 0 Å². The second-order valence-electron chi connectivity index (χ2n) is 4.83. The third kappa shape index (κ3) is 8.97. The Bertz CT molecular complexity index is 190. The fourth-order valence-electron chi connectivity index (χ4n) is 1.14. The van der Waals surface area contributed by atoms with Crippen molar-refractivity contribution >= 4 is 0 Å². The van der Waals surface area contributed by atoms with E-state index in [1.54, 1.807) is 11.9 Å². The van der Waals surface area contributed by atoms with Crippen LogP contribution in [0.4, 0.5) is 13.2 Å². The van der Waals surface area contributed by atoms with E-state index in [1.807, 2.05) is 0 Å². The highest BCUT2D eigenvalue weighted by molar-refractivity contribution is 4.75. The lowest BCUT2D eigenvalue weighted by Crippen LogP contribution is -2.42. The van der Waals surface area contributed by atoms with E-state index in [0.717, 1.165) is 13.0 Å². The molecule has 0 aromatic heterocycles. The molecule has 5 heteroatoms. The van der Waals surface area contributed by atoms with Gasteiger partial charge in [0.2, 0.25) is 0 Å². The van der Waals surface area contributed by atoms with Gasteiger partial charge in [-0.05, 0) is 27.3 Å². The van der Waals surface area contributed by atoms with Gasteiger partial charge < -0.3 is 10.2 Å². The smallest absolute Gasteiger partial charge is 0.311 e. The van der Waals surface area contributed by atoms with Crippen LogP contribution in [-0.2, 0) is 0 Å². The van der Waals surface area contributed by atoms with Crippen LogP contribution in [0.15, 0.2) is 0 Å². The predicted octanol–water partition coefficient (Wildman–Crippen LogP) is 2.65. The third-order valence-corrected chi connectivity index (χ3v) is 2.76. The van der Waals surface area contributed by atoms with Crippen molar-refractivity contribution in [3.05, 3.63) is 0 Å². The van der Waals surface area contributed by atoms with Crippen LogP contribution in [0, 0.1) is 0 Å². The Labute approximate surface area is 96.2 Å². The molecule has 0 aliphatic heterocycles. The van der Waals surface area contributed by atoms with Gasteiger partial charge in [0.25, 0.3) is 0 Å². The summed E-state index contributed by atoms with van der Waals surface area (Å²) in [7, 11) is 1.71. The molecule has 16 heavy (non-hydrogen) atoms. The maximum Gasteiger partial charge on any atom is 0.390 e. The van der Waals surface area contributed by atoms with E-state index in [0.29, 0.717) is 6.54 Å². The molecule has 0 aliphatic carbocycles. The van der Waals surface area contributed by atoms with Gasteiger partial charge in [0.15, 0.2) is 0 Å². The van der Waals surface area contributed by atoms with E-state index in [-0.39, 0.29) is 12.1 Å². The van der Waals surface area contributed by atoms with E-state index in [4.69, 9.17) is 0 Å². The van der Waals surface area contributed by atoms with Crippen molar-refractivity contribution < 1.29 is 13.2 Å². The maximum absolute atomic E-state index is 11.9. The molecule has 98 valence electrons. The number of alkyl halides is 3. The highest BCUT2D eigenvalue weighted by Gasteiger charge is 2.27. The summed E-state index contributed by atoms with van der Waals surface area (Å²) in [5.41, 5.74) is 0.0604. The molecule has 0 aromatic rings. The normalized spacial score (nSPS) is 13.5. The van der Waals surface area contributed by atoms with Gasteiger partial charge in [-0.15, -0.1) is 0 Å². The topological polar surface area (TPSA) is 15.3 Å². The first kappa shape index (κ1) is 15.7. The van der Waals surface area contributed by atoms with Gasteiger partial charge in [-0.1, -0.05) is 6.92 Å². The minimum atomic E-state index is -4.05. The Kier molecular flexibility index (Phi) is 6.33. The van der Waals surface area contributed by atoms with Gasteiger partial charge >= 0.3 is 6.18 Å². The average Bonchev–Trinajstić information content (AvgIpc) is 2.13. The van der Waals surface area contributed by atoms with Gasteiger partial charge in [-0.3, -0.25) is 0 Å². The molecule has 0 heterocycles. The minimum Gasteiger partial charge on any atom is -0.311 e. The highest BCUT2D eigenvalue weighted by Crippen LogP contribution is 2.19. The van der Waals surface area contributed by atoms with Crippen molar-refractivity contribution in [2.45, 2.75) is 45.3 Å². The van der Waals surface area contributed by atoms with Crippen molar-refractivity contribution in [1.82, 2.24) is 10.2 Å². The fourth-order valence-corrected chi connectivity index (χ4v) is 1.14. The Hall–Kier alpha value is -0.290. The van der Waals surface area contributed by atoms with Crippen LogP contribution in [0.25, 0.3) is 0 Å². The quantitative estimate of drug-likeness (QED) is 0.736. The summed E-state index contributed by atoms with van der Waals surface area (Å²) in [6.45, 7) is 7.68. The Morgan fingerprint density at radius 3 is 2.12 bits per heavy atom. The van der Waals surface area contributed by atoms with Crippen LogP contribution in [-0.4, -0.2) is 43.3 Å². The first-order valence-corrected chi connectivity index (χ1v) is 5.66. The maximum atomic E-state index is 11.9. The van der Waals surface area contributed by atoms with Crippen LogP contribution < -0.4 is 5.32 Å². The Morgan fingerprint density at radius 1 is 1.12 bits per heavy atom. The second kappa shape index (κ2) is 6.45. The number of hydrogen-bond acceptors (Lipinski definition) is 2. The number of nitrogens with one attached hydrogen (secondary N) is 1. The van der Waals surface area contributed by atoms with Crippen LogP contribution in [0.5, 0.6) is 0 Å². The molecule has 0 unspecified atom stereocenters. The zero-order valence-corrected chi connectivity index (χ0v) is 10.6. The lowest BCUT2D eigenvalue weighted by molar-refractivity contribution is -0.137. The Balaban J connectivity index is 3.63. The average molecular weight is 240 g/mol. The van der Waals surface area contributed by atoms with Crippen molar-refractivity contribution in [3.63, 3.8) is 0 Å². The van der Waals surface area contributed by atoms with Crippen molar-refractivity contribution in [2.24, 2.45) is 0 Å². The molecular weight excluding hydrogens is 217 g/mol. The number of rotatable bonds is 7. The zero-order chi connectivity index (χ0) is 12.8. The van der Waals surface area contributed by atoms with Gasteiger partial charge in [0.05, 0.1) is 6.42 Å². The molecule has 0 rings (SSSR count). The van der Waals surface area contributed by atoms with Gasteiger partial charge in [0, 0.05) is 25.2 Å². The molecule has 0 bridgehead atoms. The molecule has 0 aromatic carbocycles. The molecule has 0 aliphatic rings. The molecule has 1 N–H and O–H groups in total. The van der Waals surface area contributed by atoms with Crippen molar-refractivity contribution in [2.75, 3.05) is 26.7 Å². The fraction of sp³-hybridized carbons (Fsp3) is 1.00. The van der Waals surface area contributed by atoms with Gasteiger partial charge in [-0.2, -0.15) is 13.2 Å². The number of likely N-dealkylation sites (N-methyl/N-ethyl adjacent to an activating group) is 1. The first-order chi connectivity index (χ1) is 7.16. The predicted molar refractivity (Wildman–Crippen MR) is 60.5 cm³/mol. The molecule has 0 amide bonds. The van der Waals surface area contributed by atoms with E-state index >= 15 is 0 Å². The summed E-state index contributed by atoms with van der Waals surface area (Å²) in [5, 5.41) is 3.31. The molecule has 2 nitrogen and oxygen atoms in total. The molecule has 0 atom stereocenters. The number of halogens is 3. The molecular formula is C11H23F3N2. The molecule has 0 spiro atoms. The highest BCUT2D eigenvalue weighted by atomic mass is 19.4. The molecule has 0 saturated carbocycles. The lowest BCUT2D eigenvalue weighted by Gasteiger charge is -2.26. The Morgan fingerprint density at radius 2 is 1.69 bits per heavy atom. The zero-order valence-electron chi connectivity index (χ0n) is 10.6. The summed E-state index contributed by atoms with van der Waals surface area (Å²) in [6, 6.07) is 0. The number of nitrogens with zero attached hydrogens (tertiary/aromatic N) is 1. The van der Waals surface area contributed by atoms with Crippen LogP contribution in [0.1, 0.15) is 33.6 Å². The summed E-state index contributed by atoms with van der Waals surface area (Å²) in [5.74, 6) is 0. The molecule has 0 radical (unpaired) electrons. The van der Waals surface area contributed by atoms with Gasteiger partial charge in [-0.25, -0.2) is 0 Å². The van der Waals surface area contributed by atoms with E-state index in [9.17, 15) is 13.2 Å². The summed E-state index contributed by atoms with van der Waals surface area (Å²) in [6.07, 6.45) is -3.79. The van der Waals surface area contributed by atoms with Crippen LogP contribution in [0.2, 0.25) is 0 Å². The molecule has 0 fully saturated rings. The summed E-state index contributed by atoms with van der Waals surface area (Å²) in [4.78, 5) is 1.70. The first-order valence-electron chi connectivity index (χ1n) is 5.66. The monoisotopic (exact) mass is 240 g/mol. The van der Waals surface area contributed by atoms with Gasteiger partial charge in [0.1, 0.15) is 0 Å². The van der Waals surface area contributed by atoms with E-state index in [2.05, 4.69) is 26.1 Å².